The maximum absolute atomic E-state index is 12.0. The van der Waals surface area contributed by atoms with E-state index in [-0.39, 0.29) is 12.0 Å². The van der Waals surface area contributed by atoms with Gasteiger partial charge < -0.3 is 15.0 Å². The van der Waals surface area contributed by atoms with E-state index in [2.05, 4.69) is 12.2 Å². The van der Waals surface area contributed by atoms with Crippen LogP contribution in [0.3, 0.4) is 0 Å². The predicted molar refractivity (Wildman–Crippen MR) is 57.6 cm³/mol. The lowest BCUT2D eigenvalue weighted by atomic mass is 9.99. The van der Waals surface area contributed by atoms with E-state index in [1.54, 1.807) is 0 Å². The van der Waals surface area contributed by atoms with Crippen molar-refractivity contribution in [1.29, 1.82) is 0 Å². The Balaban J connectivity index is 1.84. The Morgan fingerprint density at radius 3 is 2.73 bits per heavy atom. The summed E-state index contributed by atoms with van der Waals surface area (Å²) in [6, 6.07) is 0. The third kappa shape index (κ3) is 2.69. The van der Waals surface area contributed by atoms with Crippen LogP contribution in [0.5, 0.6) is 0 Å². The number of likely N-dealkylation sites (tertiary alicyclic amines) is 1. The van der Waals surface area contributed by atoms with Crippen molar-refractivity contribution in [2.24, 2.45) is 5.92 Å². The quantitative estimate of drug-likeness (QED) is 0.676. The van der Waals surface area contributed by atoms with Crippen LogP contribution in [0.15, 0.2) is 0 Å². The van der Waals surface area contributed by atoms with E-state index in [1.165, 1.54) is 0 Å². The van der Waals surface area contributed by atoms with Crippen LogP contribution in [-0.2, 0) is 9.53 Å². The maximum atomic E-state index is 12.0. The predicted octanol–water partition coefficient (Wildman–Crippen LogP) is 0.233. The number of piperidine rings is 1. The van der Waals surface area contributed by atoms with Gasteiger partial charge in [0.15, 0.2) is 0 Å². The molecule has 1 N–H and O–H groups in total. The molecule has 2 fully saturated rings. The monoisotopic (exact) mass is 212 g/mol. The largest absolute Gasteiger partial charge is 0.366 e. The highest BCUT2D eigenvalue weighted by Crippen LogP contribution is 2.17. The highest BCUT2D eigenvalue weighted by molar-refractivity contribution is 5.81. The lowest BCUT2D eigenvalue weighted by Crippen LogP contribution is -2.51. The zero-order valence-corrected chi connectivity index (χ0v) is 9.37. The van der Waals surface area contributed by atoms with Crippen LogP contribution in [0.25, 0.3) is 0 Å². The van der Waals surface area contributed by atoms with E-state index in [9.17, 15) is 4.79 Å². The van der Waals surface area contributed by atoms with Crippen molar-refractivity contribution in [3.63, 3.8) is 0 Å². The van der Waals surface area contributed by atoms with Crippen LogP contribution >= 0.6 is 0 Å². The van der Waals surface area contributed by atoms with Gasteiger partial charge in [0.05, 0.1) is 6.61 Å². The summed E-state index contributed by atoms with van der Waals surface area (Å²) in [6.45, 7) is 6.24. The zero-order valence-electron chi connectivity index (χ0n) is 9.37. The molecule has 4 nitrogen and oxygen atoms in total. The van der Waals surface area contributed by atoms with Crippen molar-refractivity contribution >= 4 is 5.91 Å². The molecule has 2 aliphatic heterocycles. The van der Waals surface area contributed by atoms with Gasteiger partial charge >= 0.3 is 0 Å². The average Bonchev–Trinajstić information content (AvgIpc) is 2.30. The van der Waals surface area contributed by atoms with Crippen LogP contribution < -0.4 is 5.32 Å². The molecule has 1 amide bonds. The number of carbonyl (C=O) groups excluding carboxylic acids is 1. The normalized spacial score (nSPS) is 29.1. The smallest absolute Gasteiger partial charge is 0.253 e. The second kappa shape index (κ2) is 4.94. The first kappa shape index (κ1) is 10.9. The number of hydrogen-bond donors (Lipinski definition) is 1. The lowest BCUT2D eigenvalue weighted by molar-refractivity contribution is -0.146. The molecule has 4 heteroatoms. The fourth-order valence-electron chi connectivity index (χ4n) is 2.16. The molecule has 0 saturated carbocycles. The summed E-state index contributed by atoms with van der Waals surface area (Å²) in [5.41, 5.74) is 0. The van der Waals surface area contributed by atoms with Gasteiger partial charge in [0.25, 0.3) is 5.91 Å². The van der Waals surface area contributed by atoms with Crippen LogP contribution in [-0.4, -0.2) is 49.7 Å². The zero-order chi connectivity index (χ0) is 10.7. The average molecular weight is 212 g/mol. The van der Waals surface area contributed by atoms with Gasteiger partial charge in [0, 0.05) is 26.2 Å². The Kier molecular flexibility index (Phi) is 3.59. The molecule has 2 saturated heterocycles. The summed E-state index contributed by atoms with van der Waals surface area (Å²) in [6.07, 6.45) is 2.02. The minimum absolute atomic E-state index is 0.175. The summed E-state index contributed by atoms with van der Waals surface area (Å²) in [5, 5.41) is 3.19. The van der Waals surface area contributed by atoms with Crippen molar-refractivity contribution in [2.45, 2.75) is 25.9 Å². The first-order chi connectivity index (χ1) is 7.27. The molecule has 2 rings (SSSR count). The van der Waals surface area contributed by atoms with Crippen molar-refractivity contribution in [1.82, 2.24) is 10.2 Å². The lowest BCUT2D eigenvalue weighted by Gasteiger charge is -2.34. The van der Waals surface area contributed by atoms with Crippen molar-refractivity contribution in [3.05, 3.63) is 0 Å². The van der Waals surface area contributed by atoms with Crippen molar-refractivity contribution < 1.29 is 9.53 Å². The van der Waals surface area contributed by atoms with Crippen molar-refractivity contribution in [2.75, 3.05) is 32.8 Å². The molecule has 15 heavy (non-hydrogen) atoms. The molecule has 0 aromatic rings. The van der Waals surface area contributed by atoms with E-state index in [0.29, 0.717) is 13.2 Å². The van der Waals surface area contributed by atoms with Gasteiger partial charge in [-0.1, -0.05) is 6.92 Å². The fourth-order valence-corrected chi connectivity index (χ4v) is 2.16. The molecule has 0 aromatic heterocycles. The number of nitrogens with zero attached hydrogens (tertiary/aromatic N) is 1. The van der Waals surface area contributed by atoms with Gasteiger partial charge in [0.1, 0.15) is 6.10 Å². The molecule has 0 aromatic carbocycles. The number of ether oxygens (including phenoxy) is 1. The molecular formula is C11H20N2O2. The Labute approximate surface area is 91.0 Å². The van der Waals surface area contributed by atoms with Gasteiger partial charge in [-0.15, -0.1) is 0 Å². The van der Waals surface area contributed by atoms with Crippen LogP contribution in [0.2, 0.25) is 0 Å². The fraction of sp³-hybridized carbons (Fsp3) is 0.909. The standard InChI is InChI=1S/C11H20N2O2/c1-9-2-5-13(6-3-9)11(14)10-8-12-4-7-15-10/h9-10,12H,2-8H2,1H3/t10-/m0/s1. The van der Waals surface area contributed by atoms with E-state index in [0.717, 1.165) is 38.4 Å². The van der Waals surface area contributed by atoms with Crippen molar-refractivity contribution in [3.8, 4) is 0 Å². The number of rotatable bonds is 1. The van der Waals surface area contributed by atoms with E-state index in [1.807, 2.05) is 4.90 Å². The second-order valence-electron chi connectivity index (χ2n) is 4.57. The van der Waals surface area contributed by atoms with Gasteiger partial charge in [-0.2, -0.15) is 0 Å². The third-order valence-electron chi connectivity index (χ3n) is 3.30. The maximum Gasteiger partial charge on any atom is 0.253 e. The second-order valence-corrected chi connectivity index (χ2v) is 4.57. The summed E-state index contributed by atoms with van der Waals surface area (Å²) in [5.74, 6) is 0.938. The molecular weight excluding hydrogens is 192 g/mol. The van der Waals surface area contributed by atoms with E-state index in [4.69, 9.17) is 4.74 Å². The Morgan fingerprint density at radius 1 is 1.40 bits per heavy atom. The summed E-state index contributed by atoms with van der Waals surface area (Å²) >= 11 is 0. The third-order valence-corrected chi connectivity index (χ3v) is 3.30. The first-order valence-corrected chi connectivity index (χ1v) is 5.88. The number of nitrogens with one attached hydrogen (secondary N) is 1. The van der Waals surface area contributed by atoms with Crippen LogP contribution in [0.4, 0.5) is 0 Å². The molecule has 0 radical (unpaired) electrons. The van der Waals surface area contributed by atoms with Crippen LogP contribution in [0, 0.1) is 5.92 Å². The number of carbonyl (C=O) groups is 1. The molecule has 0 aliphatic carbocycles. The topological polar surface area (TPSA) is 41.6 Å². The van der Waals surface area contributed by atoms with E-state index < -0.39 is 0 Å². The minimum Gasteiger partial charge on any atom is -0.366 e. The summed E-state index contributed by atoms with van der Waals surface area (Å²) < 4.78 is 5.47. The minimum atomic E-state index is -0.243. The number of morpholine rings is 1. The summed E-state index contributed by atoms with van der Waals surface area (Å²) in [4.78, 5) is 14.0. The highest BCUT2D eigenvalue weighted by atomic mass is 16.5. The van der Waals surface area contributed by atoms with E-state index >= 15 is 0 Å². The van der Waals surface area contributed by atoms with Gasteiger partial charge in [-0.25, -0.2) is 0 Å². The Bertz CT molecular complexity index is 219. The van der Waals surface area contributed by atoms with Gasteiger partial charge in [0.2, 0.25) is 0 Å². The number of hydrogen-bond acceptors (Lipinski definition) is 3. The summed E-state index contributed by atoms with van der Waals surface area (Å²) in [7, 11) is 0. The van der Waals surface area contributed by atoms with Crippen LogP contribution in [0.1, 0.15) is 19.8 Å². The molecule has 86 valence electrons. The van der Waals surface area contributed by atoms with Gasteiger partial charge in [-0.3, -0.25) is 4.79 Å². The molecule has 0 unspecified atom stereocenters. The number of amides is 1. The molecule has 0 spiro atoms. The molecule has 0 bridgehead atoms. The molecule has 2 heterocycles. The highest BCUT2D eigenvalue weighted by Gasteiger charge is 2.28. The Morgan fingerprint density at radius 2 is 2.13 bits per heavy atom. The SMILES string of the molecule is CC1CCN(C(=O)[C@@H]2CNCCO2)CC1. The first-order valence-electron chi connectivity index (χ1n) is 5.88. The Hall–Kier alpha value is -0.610. The van der Waals surface area contributed by atoms with Gasteiger partial charge in [-0.05, 0) is 18.8 Å². The molecule has 1 atom stereocenters. The molecule has 2 aliphatic rings.